The minimum atomic E-state index is -3.28. The van der Waals surface area contributed by atoms with E-state index in [4.69, 9.17) is 0 Å². The van der Waals surface area contributed by atoms with Gasteiger partial charge in [0.15, 0.2) is 9.84 Å². The average Bonchev–Trinajstić information content (AvgIpc) is 3.06. The van der Waals surface area contributed by atoms with Crippen molar-refractivity contribution >= 4 is 15.7 Å². The van der Waals surface area contributed by atoms with E-state index in [1.54, 1.807) is 35.0 Å². The summed E-state index contributed by atoms with van der Waals surface area (Å²) < 4.78 is 26.8. The lowest BCUT2D eigenvalue weighted by Gasteiger charge is -2.24. The Morgan fingerprint density at radius 3 is 2.62 bits per heavy atom. The predicted molar refractivity (Wildman–Crippen MR) is 91.1 cm³/mol. The first kappa shape index (κ1) is 16.7. The lowest BCUT2D eigenvalue weighted by molar-refractivity contribution is -0.134. The van der Waals surface area contributed by atoms with Crippen LogP contribution in [-0.4, -0.2) is 47.8 Å². The molecule has 0 radical (unpaired) electrons. The minimum Gasteiger partial charge on any atom is -0.340 e. The molecule has 2 heterocycles. The highest BCUT2D eigenvalue weighted by atomic mass is 32.2. The number of aromatic nitrogens is 2. The van der Waals surface area contributed by atoms with E-state index in [1.807, 2.05) is 30.3 Å². The second kappa shape index (κ2) is 6.76. The summed E-state index contributed by atoms with van der Waals surface area (Å²) in [4.78, 5) is 14.3. The van der Waals surface area contributed by atoms with Crippen molar-refractivity contribution in [2.24, 2.45) is 0 Å². The lowest BCUT2D eigenvalue weighted by Crippen LogP contribution is -2.38. The van der Waals surface area contributed by atoms with Crippen molar-refractivity contribution in [3.05, 3.63) is 54.4 Å². The van der Waals surface area contributed by atoms with E-state index in [0.717, 1.165) is 5.56 Å². The summed E-state index contributed by atoms with van der Waals surface area (Å²) in [5.74, 6) is -0.105. The average molecular weight is 347 g/mol. The third-order valence-corrected chi connectivity index (χ3v) is 6.63. The number of nitrogens with zero attached hydrogens (tertiary/aromatic N) is 3. The number of amides is 1. The molecule has 24 heavy (non-hydrogen) atoms. The Labute approximate surface area is 142 Å². The number of carbonyl (C=O) groups excluding carboxylic acids is 1. The minimum absolute atomic E-state index is 0.00979. The maximum atomic E-state index is 12.7. The zero-order chi connectivity index (χ0) is 17.2. The van der Waals surface area contributed by atoms with Gasteiger partial charge in [-0.25, -0.2) is 8.42 Å². The molecule has 0 spiro atoms. The van der Waals surface area contributed by atoms with Crippen molar-refractivity contribution < 1.29 is 13.2 Å². The molecule has 0 bridgehead atoms. The van der Waals surface area contributed by atoms with Crippen LogP contribution >= 0.6 is 0 Å². The Morgan fingerprint density at radius 2 is 1.96 bits per heavy atom. The molecule has 0 saturated carbocycles. The van der Waals surface area contributed by atoms with Crippen LogP contribution in [0.2, 0.25) is 0 Å². The van der Waals surface area contributed by atoms with E-state index in [0.29, 0.717) is 13.0 Å². The van der Waals surface area contributed by atoms with Gasteiger partial charge in [-0.15, -0.1) is 0 Å². The summed E-state index contributed by atoms with van der Waals surface area (Å²) in [5.41, 5.74) is 0.798. The second-order valence-electron chi connectivity index (χ2n) is 6.04. The van der Waals surface area contributed by atoms with Crippen LogP contribution in [-0.2, 0) is 14.6 Å². The van der Waals surface area contributed by atoms with Crippen molar-refractivity contribution in [2.75, 3.05) is 18.8 Å². The molecule has 1 aromatic heterocycles. The molecule has 1 saturated heterocycles. The fraction of sp³-hybridized carbons (Fsp3) is 0.412. The highest BCUT2D eigenvalue weighted by Crippen LogP contribution is 2.29. The van der Waals surface area contributed by atoms with Gasteiger partial charge >= 0.3 is 0 Å². The first-order valence-corrected chi connectivity index (χ1v) is 9.75. The third kappa shape index (κ3) is 3.36. The molecule has 2 aromatic rings. The fourth-order valence-corrected chi connectivity index (χ4v) is 4.89. The van der Waals surface area contributed by atoms with E-state index in [-0.39, 0.29) is 18.2 Å². The topological polar surface area (TPSA) is 72.3 Å². The Balaban J connectivity index is 1.77. The molecule has 6 nitrogen and oxygen atoms in total. The number of carbonyl (C=O) groups is 1. The molecule has 1 aliphatic heterocycles. The molecule has 1 aromatic carbocycles. The van der Waals surface area contributed by atoms with Gasteiger partial charge in [-0.2, -0.15) is 5.10 Å². The van der Waals surface area contributed by atoms with E-state index in [1.165, 1.54) is 0 Å². The van der Waals surface area contributed by atoms with Crippen molar-refractivity contribution in [3.63, 3.8) is 0 Å². The fourth-order valence-electron chi connectivity index (χ4n) is 3.09. The van der Waals surface area contributed by atoms with Crippen LogP contribution in [0.4, 0.5) is 0 Å². The van der Waals surface area contributed by atoms with Gasteiger partial charge in [0.25, 0.3) is 0 Å². The molecule has 0 aliphatic carbocycles. The van der Waals surface area contributed by atoms with Crippen LogP contribution in [0.25, 0.3) is 0 Å². The van der Waals surface area contributed by atoms with Gasteiger partial charge in [0.1, 0.15) is 6.04 Å². The van der Waals surface area contributed by atoms with Gasteiger partial charge in [-0.3, -0.25) is 9.48 Å². The summed E-state index contributed by atoms with van der Waals surface area (Å²) in [7, 11) is -3.28. The summed E-state index contributed by atoms with van der Waals surface area (Å²) in [6, 6.07) is 10.6. The molecule has 1 fully saturated rings. The van der Waals surface area contributed by atoms with E-state index < -0.39 is 21.1 Å². The summed E-state index contributed by atoms with van der Waals surface area (Å²) in [6.07, 6.45) is 3.79. The van der Waals surface area contributed by atoms with Crippen molar-refractivity contribution in [1.29, 1.82) is 0 Å². The van der Waals surface area contributed by atoms with Crippen LogP contribution in [0, 0.1) is 0 Å². The second-order valence-corrected chi connectivity index (χ2v) is 8.35. The standard InChI is InChI=1S/C17H21N3O3S/c1-14(20-10-5-9-18-20)17(21)19-11-8-16(24(22,23)13-12-19)15-6-3-2-4-7-15/h2-7,9-10,14,16H,8,11-13H2,1H3. The van der Waals surface area contributed by atoms with Gasteiger partial charge in [-0.1, -0.05) is 30.3 Å². The van der Waals surface area contributed by atoms with E-state index in [2.05, 4.69) is 5.10 Å². The molecule has 2 atom stereocenters. The molecule has 2 unspecified atom stereocenters. The molecule has 3 rings (SSSR count). The molecule has 7 heteroatoms. The highest BCUT2D eigenvalue weighted by molar-refractivity contribution is 7.91. The summed E-state index contributed by atoms with van der Waals surface area (Å²) in [6.45, 7) is 2.45. The number of hydrogen-bond acceptors (Lipinski definition) is 4. The predicted octanol–water partition coefficient (Wildman–Crippen LogP) is 1.83. The Morgan fingerprint density at radius 1 is 1.21 bits per heavy atom. The normalized spacial score (nSPS) is 21.9. The number of hydrogen-bond donors (Lipinski definition) is 0. The Kier molecular flexibility index (Phi) is 4.71. The van der Waals surface area contributed by atoms with E-state index in [9.17, 15) is 13.2 Å². The summed E-state index contributed by atoms with van der Waals surface area (Å²) in [5, 5.41) is 3.55. The monoisotopic (exact) mass is 347 g/mol. The number of rotatable bonds is 3. The largest absolute Gasteiger partial charge is 0.340 e. The molecule has 1 amide bonds. The molecular weight excluding hydrogens is 326 g/mol. The smallest absolute Gasteiger partial charge is 0.247 e. The van der Waals surface area contributed by atoms with Gasteiger partial charge < -0.3 is 4.90 Å². The number of sulfone groups is 1. The molecular formula is C17H21N3O3S. The lowest BCUT2D eigenvalue weighted by atomic mass is 10.1. The quantitative estimate of drug-likeness (QED) is 0.849. The summed E-state index contributed by atoms with van der Waals surface area (Å²) >= 11 is 0. The third-order valence-electron chi connectivity index (χ3n) is 4.50. The first-order valence-electron chi connectivity index (χ1n) is 8.03. The van der Waals surface area contributed by atoms with Gasteiger partial charge in [0, 0.05) is 25.5 Å². The van der Waals surface area contributed by atoms with Crippen LogP contribution < -0.4 is 0 Å². The van der Waals surface area contributed by atoms with Gasteiger partial charge in [-0.05, 0) is 25.0 Å². The Hall–Kier alpha value is -2.15. The van der Waals surface area contributed by atoms with Gasteiger partial charge in [0.2, 0.25) is 5.91 Å². The first-order chi connectivity index (χ1) is 11.5. The zero-order valence-corrected chi connectivity index (χ0v) is 14.4. The molecule has 0 N–H and O–H groups in total. The van der Waals surface area contributed by atoms with Crippen LogP contribution in [0.1, 0.15) is 30.2 Å². The Bertz CT molecular complexity index is 788. The maximum absolute atomic E-state index is 12.7. The van der Waals surface area contributed by atoms with Crippen molar-refractivity contribution in [2.45, 2.75) is 24.6 Å². The van der Waals surface area contributed by atoms with Crippen molar-refractivity contribution in [3.8, 4) is 0 Å². The number of benzene rings is 1. The zero-order valence-electron chi connectivity index (χ0n) is 13.6. The SMILES string of the molecule is CC(C(=O)N1CCC(c2ccccc2)S(=O)(=O)CC1)n1cccn1. The molecule has 128 valence electrons. The maximum Gasteiger partial charge on any atom is 0.247 e. The highest BCUT2D eigenvalue weighted by Gasteiger charge is 2.33. The van der Waals surface area contributed by atoms with Crippen molar-refractivity contribution in [1.82, 2.24) is 14.7 Å². The van der Waals surface area contributed by atoms with Gasteiger partial charge in [0.05, 0.1) is 11.0 Å². The van der Waals surface area contributed by atoms with E-state index >= 15 is 0 Å². The van der Waals surface area contributed by atoms with Crippen LogP contribution in [0.5, 0.6) is 0 Å². The van der Waals surface area contributed by atoms with Crippen LogP contribution in [0.15, 0.2) is 48.8 Å². The molecule has 1 aliphatic rings. The van der Waals surface area contributed by atoms with Crippen LogP contribution in [0.3, 0.4) is 0 Å².